The molecule has 1 unspecified atom stereocenters. The molecule has 0 bridgehead atoms. The van der Waals surface area contributed by atoms with Gasteiger partial charge in [0.25, 0.3) is 0 Å². The molecule has 0 saturated carbocycles. The van der Waals surface area contributed by atoms with Crippen LogP contribution in [0.25, 0.3) is 0 Å². The molecular formula is C17H24O3. The Morgan fingerprint density at radius 3 is 2.60 bits per heavy atom. The molecule has 3 nitrogen and oxygen atoms in total. The van der Waals surface area contributed by atoms with Gasteiger partial charge in [0.05, 0.1) is 18.3 Å². The predicted molar refractivity (Wildman–Crippen MR) is 79.1 cm³/mol. The quantitative estimate of drug-likeness (QED) is 0.845. The van der Waals surface area contributed by atoms with Crippen LogP contribution in [0.4, 0.5) is 0 Å². The molecule has 20 heavy (non-hydrogen) atoms. The maximum Gasteiger partial charge on any atom is 0.143 e. The van der Waals surface area contributed by atoms with E-state index in [1.807, 2.05) is 52.0 Å². The first kappa shape index (κ1) is 15.0. The number of ketones is 1. The van der Waals surface area contributed by atoms with Crippen LogP contribution in [0.5, 0.6) is 5.75 Å². The van der Waals surface area contributed by atoms with Crippen molar-refractivity contribution >= 4 is 5.78 Å². The van der Waals surface area contributed by atoms with Crippen LogP contribution < -0.4 is 4.74 Å². The Labute approximate surface area is 121 Å². The molecule has 1 heterocycles. The standard InChI is InChI=1S/C17H24O3/c1-16(2)11-14(17(3,4)20-16)15(18)10-12-7-6-8-13(9-12)19-5/h6-9,14H,10-11H2,1-5H3. The number of carbonyl (C=O) groups excluding carboxylic acids is 1. The maximum absolute atomic E-state index is 12.6. The molecular weight excluding hydrogens is 252 g/mol. The Hall–Kier alpha value is -1.35. The van der Waals surface area contributed by atoms with Crippen LogP contribution in [0, 0.1) is 5.92 Å². The highest BCUT2D eigenvalue weighted by Gasteiger charge is 2.48. The molecule has 1 aromatic carbocycles. The van der Waals surface area contributed by atoms with Crippen LogP contribution >= 0.6 is 0 Å². The van der Waals surface area contributed by atoms with E-state index in [4.69, 9.17) is 9.47 Å². The highest BCUT2D eigenvalue weighted by atomic mass is 16.5. The number of hydrogen-bond acceptors (Lipinski definition) is 3. The van der Waals surface area contributed by atoms with E-state index in [0.717, 1.165) is 17.7 Å². The number of benzene rings is 1. The van der Waals surface area contributed by atoms with E-state index in [1.165, 1.54) is 0 Å². The Bertz CT molecular complexity index is 503. The summed E-state index contributed by atoms with van der Waals surface area (Å²) in [5, 5.41) is 0. The van der Waals surface area contributed by atoms with Gasteiger partial charge in [-0.3, -0.25) is 4.79 Å². The smallest absolute Gasteiger partial charge is 0.143 e. The van der Waals surface area contributed by atoms with Gasteiger partial charge in [-0.25, -0.2) is 0 Å². The largest absolute Gasteiger partial charge is 0.497 e. The molecule has 1 atom stereocenters. The number of carbonyl (C=O) groups is 1. The van der Waals surface area contributed by atoms with Gasteiger partial charge in [-0.2, -0.15) is 0 Å². The van der Waals surface area contributed by atoms with Crippen molar-refractivity contribution < 1.29 is 14.3 Å². The summed E-state index contributed by atoms with van der Waals surface area (Å²) in [5.74, 6) is 0.982. The fourth-order valence-corrected chi connectivity index (χ4v) is 3.17. The Morgan fingerprint density at radius 1 is 1.35 bits per heavy atom. The minimum Gasteiger partial charge on any atom is -0.497 e. The molecule has 0 spiro atoms. The second-order valence-electron chi connectivity index (χ2n) is 6.72. The lowest BCUT2D eigenvalue weighted by molar-refractivity contribution is -0.128. The van der Waals surface area contributed by atoms with Crippen LogP contribution in [0.3, 0.4) is 0 Å². The van der Waals surface area contributed by atoms with Gasteiger partial charge in [0.1, 0.15) is 11.5 Å². The Morgan fingerprint density at radius 2 is 2.05 bits per heavy atom. The van der Waals surface area contributed by atoms with E-state index in [2.05, 4.69) is 0 Å². The van der Waals surface area contributed by atoms with Gasteiger partial charge < -0.3 is 9.47 Å². The van der Waals surface area contributed by atoms with E-state index >= 15 is 0 Å². The number of ether oxygens (including phenoxy) is 2. The highest BCUT2D eigenvalue weighted by molar-refractivity contribution is 5.84. The van der Waals surface area contributed by atoms with Crippen LogP contribution in [0.15, 0.2) is 24.3 Å². The second kappa shape index (κ2) is 5.21. The molecule has 1 saturated heterocycles. The summed E-state index contributed by atoms with van der Waals surface area (Å²) in [7, 11) is 1.64. The van der Waals surface area contributed by atoms with Crippen LogP contribution in [0.1, 0.15) is 39.7 Å². The van der Waals surface area contributed by atoms with E-state index in [0.29, 0.717) is 6.42 Å². The van der Waals surface area contributed by atoms with Gasteiger partial charge in [-0.05, 0) is 51.8 Å². The molecule has 0 radical (unpaired) electrons. The molecule has 0 N–H and O–H groups in total. The first-order valence-electron chi connectivity index (χ1n) is 7.09. The number of rotatable bonds is 4. The fourth-order valence-electron chi connectivity index (χ4n) is 3.17. The van der Waals surface area contributed by atoms with Crippen molar-refractivity contribution in [3.8, 4) is 5.75 Å². The van der Waals surface area contributed by atoms with Crippen molar-refractivity contribution in [2.24, 2.45) is 5.92 Å². The summed E-state index contributed by atoms with van der Waals surface area (Å²) in [5.41, 5.74) is 0.382. The fraction of sp³-hybridized carbons (Fsp3) is 0.588. The monoisotopic (exact) mass is 276 g/mol. The second-order valence-corrected chi connectivity index (χ2v) is 6.72. The lowest BCUT2D eigenvalue weighted by atomic mass is 9.82. The Balaban J connectivity index is 2.12. The zero-order valence-corrected chi connectivity index (χ0v) is 13.0. The zero-order valence-electron chi connectivity index (χ0n) is 13.0. The molecule has 1 aromatic rings. The van der Waals surface area contributed by atoms with E-state index in [9.17, 15) is 4.79 Å². The maximum atomic E-state index is 12.6. The average Bonchev–Trinajstić information content (AvgIpc) is 2.57. The molecule has 110 valence electrons. The summed E-state index contributed by atoms with van der Waals surface area (Å²) in [6, 6.07) is 7.70. The van der Waals surface area contributed by atoms with E-state index in [1.54, 1.807) is 7.11 Å². The van der Waals surface area contributed by atoms with Gasteiger partial charge >= 0.3 is 0 Å². The Kier molecular flexibility index (Phi) is 3.92. The first-order valence-corrected chi connectivity index (χ1v) is 7.09. The first-order chi connectivity index (χ1) is 9.23. The molecule has 1 aliphatic rings. The normalized spacial score (nSPS) is 23.6. The summed E-state index contributed by atoms with van der Waals surface area (Å²) in [6.45, 7) is 8.12. The molecule has 3 heteroatoms. The lowest BCUT2D eigenvalue weighted by Gasteiger charge is -2.26. The number of hydrogen-bond donors (Lipinski definition) is 0. The highest BCUT2D eigenvalue weighted by Crippen LogP contribution is 2.42. The molecule has 0 aromatic heterocycles. The van der Waals surface area contributed by atoms with Crippen LogP contribution in [-0.2, 0) is 16.0 Å². The van der Waals surface area contributed by atoms with Crippen LogP contribution in [0.2, 0.25) is 0 Å². The lowest BCUT2D eigenvalue weighted by Crippen LogP contribution is -2.34. The van der Waals surface area contributed by atoms with Crippen molar-refractivity contribution in [1.82, 2.24) is 0 Å². The molecule has 0 amide bonds. The number of methoxy groups -OCH3 is 1. The van der Waals surface area contributed by atoms with Crippen molar-refractivity contribution in [2.45, 2.75) is 51.7 Å². The van der Waals surface area contributed by atoms with Gasteiger partial charge in [0.2, 0.25) is 0 Å². The SMILES string of the molecule is COc1cccc(CC(=O)C2CC(C)(C)OC2(C)C)c1. The van der Waals surface area contributed by atoms with E-state index in [-0.39, 0.29) is 22.9 Å². The van der Waals surface area contributed by atoms with Crippen LogP contribution in [-0.4, -0.2) is 24.1 Å². The minimum absolute atomic E-state index is 0.0521. The zero-order chi connectivity index (χ0) is 15.0. The number of Topliss-reactive ketones (excluding diaryl/α,β-unsaturated/α-hetero) is 1. The van der Waals surface area contributed by atoms with Crippen molar-refractivity contribution in [2.75, 3.05) is 7.11 Å². The van der Waals surface area contributed by atoms with E-state index < -0.39 is 0 Å². The predicted octanol–water partition coefficient (Wildman–Crippen LogP) is 3.40. The van der Waals surface area contributed by atoms with Gasteiger partial charge in [-0.15, -0.1) is 0 Å². The van der Waals surface area contributed by atoms with Crippen molar-refractivity contribution in [3.05, 3.63) is 29.8 Å². The molecule has 0 aliphatic carbocycles. The molecule has 2 rings (SSSR count). The van der Waals surface area contributed by atoms with Gasteiger partial charge in [0.15, 0.2) is 0 Å². The van der Waals surface area contributed by atoms with Gasteiger partial charge in [0, 0.05) is 12.3 Å². The summed E-state index contributed by atoms with van der Waals surface area (Å²) in [4.78, 5) is 12.6. The third-order valence-corrected chi connectivity index (χ3v) is 3.98. The summed E-state index contributed by atoms with van der Waals surface area (Å²) < 4.78 is 11.2. The van der Waals surface area contributed by atoms with Gasteiger partial charge in [-0.1, -0.05) is 12.1 Å². The topological polar surface area (TPSA) is 35.5 Å². The molecule has 1 aliphatic heterocycles. The summed E-state index contributed by atoms with van der Waals surface area (Å²) >= 11 is 0. The van der Waals surface area contributed by atoms with Crippen molar-refractivity contribution in [3.63, 3.8) is 0 Å². The average molecular weight is 276 g/mol. The third-order valence-electron chi connectivity index (χ3n) is 3.98. The molecule has 1 fully saturated rings. The minimum atomic E-state index is -0.389. The summed E-state index contributed by atoms with van der Waals surface area (Å²) in [6.07, 6.45) is 1.22. The van der Waals surface area contributed by atoms with Crippen molar-refractivity contribution in [1.29, 1.82) is 0 Å². The third kappa shape index (κ3) is 3.21.